The lowest BCUT2D eigenvalue weighted by Gasteiger charge is -2.13. The maximum Gasteiger partial charge on any atom is 0.266 e. The zero-order valence-electron chi connectivity index (χ0n) is 21.5. The van der Waals surface area contributed by atoms with Gasteiger partial charge < -0.3 is 4.74 Å². The molecule has 1 aliphatic rings. The van der Waals surface area contributed by atoms with Crippen LogP contribution in [0.1, 0.15) is 50.2 Å². The van der Waals surface area contributed by atoms with Crippen LogP contribution in [0.25, 0.3) is 23.0 Å². The second-order valence-corrected chi connectivity index (χ2v) is 10.7. The Morgan fingerprint density at radius 2 is 1.89 bits per heavy atom. The van der Waals surface area contributed by atoms with E-state index in [4.69, 9.17) is 22.1 Å². The molecule has 0 bridgehead atoms. The summed E-state index contributed by atoms with van der Waals surface area (Å²) in [5.74, 6) is 0.792. The molecule has 0 aliphatic carbocycles. The van der Waals surface area contributed by atoms with E-state index in [9.17, 15) is 4.79 Å². The smallest absolute Gasteiger partial charge is 0.266 e. The fourth-order valence-electron chi connectivity index (χ4n) is 4.25. The van der Waals surface area contributed by atoms with Gasteiger partial charge in [-0.2, -0.15) is 5.10 Å². The van der Waals surface area contributed by atoms with Gasteiger partial charge in [0.15, 0.2) is 0 Å². The van der Waals surface area contributed by atoms with E-state index in [1.807, 2.05) is 66.3 Å². The third-order valence-corrected chi connectivity index (χ3v) is 7.59. The largest absolute Gasteiger partial charge is 0.489 e. The summed E-state index contributed by atoms with van der Waals surface area (Å²) in [4.78, 5) is 15.6. The first-order chi connectivity index (χ1) is 18.0. The van der Waals surface area contributed by atoms with E-state index in [1.165, 1.54) is 31.0 Å². The third-order valence-electron chi connectivity index (χ3n) is 6.21. The fourth-order valence-corrected chi connectivity index (χ4v) is 5.54. The first kappa shape index (κ1) is 26.9. The molecule has 0 radical (unpaired) electrons. The number of rotatable bonds is 12. The van der Waals surface area contributed by atoms with Gasteiger partial charge in [0.05, 0.1) is 10.6 Å². The summed E-state index contributed by atoms with van der Waals surface area (Å²) < 4.78 is 8.24. The number of nitrogens with zero attached hydrogens (tertiary/aromatic N) is 3. The van der Waals surface area contributed by atoms with E-state index in [0.29, 0.717) is 22.4 Å². The van der Waals surface area contributed by atoms with E-state index in [-0.39, 0.29) is 5.91 Å². The first-order valence-corrected chi connectivity index (χ1v) is 14.0. The van der Waals surface area contributed by atoms with Crippen molar-refractivity contribution in [1.82, 2.24) is 14.7 Å². The van der Waals surface area contributed by atoms with Crippen molar-refractivity contribution in [3.63, 3.8) is 0 Å². The number of carbonyl (C=O) groups is 1. The SMILES string of the molecule is C=CCOc1ccc(-c2nn(-c3ccccc3)cc2/C=C2\SC(=S)N(CCCCCCC)C2=O)cc1C. The van der Waals surface area contributed by atoms with Crippen LogP contribution in [0.2, 0.25) is 0 Å². The van der Waals surface area contributed by atoms with Crippen molar-refractivity contribution in [1.29, 1.82) is 0 Å². The molecular weight excluding hydrogens is 498 g/mol. The summed E-state index contributed by atoms with van der Waals surface area (Å²) in [6.45, 7) is 9.06. The summed E-state index contributed by atoms with van der Waals surface area (Å²) >= 11 is 6.94. The highest BCUT2D eigenvalue weighted by Gasteiger charge is 2.32. The first-order valence-electron chi connectivity index (χ1n) is 12.8. The maximum absolute atomic E-state index is 13.3. The minimum absolute atomic E-state index is 0.0201. The van der Waals surface area contributed by atoms with Crippen molar-refractivity contribution in [3.8, 4) is 22.7 Å². The molecule has 1 aliphatic heterocycles. The predicted octanol–water partition coefficient (Wildman–Crippen LogP) is 7.58. The number of carbonyl (C=O) groups excluding carboxylic acids is 1. The van der Waals surface area contributed by atoms with Crippen molar-refractivity contribution < 1.29 is 9.53 Å². The monoisotopic (exact) mass is 531 g/mol. The molecule has 0 saturated carbocycles. The molecule has 192 valence electrons. The van der Waals surface area contributed by atoms with E-state index in [1.54, 1.807) is 11.0 Å². The van der Waals surface area contributed by atoms with Crippen LogP contribution in [0.4, 0.5) is 0 Å². The standard InChI is InChI=1S/C30H33N3O2S2/c1-4-6-7-8-12-17-32-29(34)27(37-30(32)36)20-24-21-33(25-13-10-9-11-14-25)31-28(24)23-15-16-26(22(3)19-23)35-18-5-2/h5,9-11,13-16,19-21H,2,4,6-8,12,17-18H2,1,3H3/b27-20-. The number of thioether (sulfide) groups is 1. The second-order valence-electron chi connectivity index (χ2n) is 9.04. The molecule has 4 rings (SSSR count). The lowest BCUT2D eigenvalue weighted by Crippen LogP contribution is -2.29. The van der Waals surface area contributed by atoms with Crippen LogP contribution in [0.15, 0.2) is 72.3 Å². The van der Waals surface area contributed by atoms with Crippen LogP contribution >= 0.6 is 24.0 Å². The van der Waals surface area contributed by atoms with E-state index in [0.717, 1.165) is 46.7 Å². The lowest BCUT2D eigenvalue weighted by molar-refractivity contribution is -0.122. The molecule has 0 spiro atoms. The Balaban J connectivity index is 1.65. The molecule has 3 aromatic rings. The Kier molecular flexibility index (Phi) is 9.36. The molecule has 0 atom stereocenters. The number of amides is 1. The van der Waals surface area contributed by atoms with Crippen molar-refractivity contribution in [2.75, 3.05) is 13.2 Å². The summed E-state index contributed by atoms with van der Waals surface area (Å²) in [5, 5.41) is 4.91. The molecule has 7 heteroatoms. The number of benzene rings is 2. The summed E-state index contributed by atoms with van der Waals surface area (Å²) in [6, 6.07) is 16.0. The topological polar surface area (TPSA) is 47.4 Å². The minimum atomic E-state index is -0.0201. The molecule has 1 saturated heterocycles. The van der Waals surface area contributed by atoms with Crippen molar-refractivity contribution in [2.24, 2.45) is 0 Å². The summed E-state index contributed by atoms with van der Waals surface area (Å²) in [5.41, 5.74) is 4.58. The van der Waals surface area contributed by atoms with Gasteiger partial charge in [0.2, 0.25) is 0 Å². The quantitative estimate of drug-likeness (QED) is 0.104. The Labute approximate surface area is 229 Å². The van der Waals surface area contributed by atoms with Gasteiger partial charge in [0.1, 0.15) is 22.4 Å². The zero-order valence-corrected chi connectivity index (χ0v) is 23.1. The molecule has 2 aromatic carbocycles. The van der Waals surface area contributed by atoms with Gasteiger partial charge in [-0.25, -0.2) is 4.68 Å². The number of unbranched alkanes of at least 4 members (excludes halogenated alkanes) is 4. The normalized spacial score (nSPS) is 14.5. The summed E-state index contributed by atoms with van der Waals surface area (Å²) in [7, 11) is 0. The molecule has 1 fully saturated rings. The molecule has 5 nitrogen and oxygen atoms in total. The van der Waals surface area contributed by atoms with Gasteiger partial charge in [-0.05, 0) is 55.3 Å². The fraction of sp³-hybridized carbons (Fsp3) is 0.300. The highest BCUT2D eigenvalue weighted by molar-refractivity contribution is 8.26. The number of ether oxygens (including phenoxy) is 1. The number of thiocarbonyl (C=S) groups is 1. The van der Waals surface area contributed by atoms with E-state index < -0.39 is 0 Å². The minimum Gasteiger partial charge on any atom is -0.489 e. The number of hydrogen-bond acceptors (Lipinski definition) is 5. The molecule has 37 heavy (non-hydrogen) atoms. The molecule has 0 N–H and O–H groups in total. The molecule has 0 unspecified atom stereocenters. The summed E-state index contributed by atoms with van der Waals surface area (Å²) in [6.07, 6.45) is 11.3. The average molecular weight is 532 g/mol. The highest BCUT2D eigenvalue weighted by atomic mass is 32.2. The number of hydrogen-bond donors (Lipinski definition) is 0. The van der Waals surface area contributed by atoms with Crippen LogP contribution in [0, 0.1) is 6.92 Å². The predicted molar refractivity (Wildman–Crippen MR) is 158 cm³/mol. The van der Waals surface area contributed by atoms with Gasteiger partial charge in [-0.3, -0.25) is 9.69 Å². The van der Waals surface area contributed by atoms with Gasteiger partial charge >= 0.3 is 0 Å². The van der Waals surface area contributed by atoms with Crippen LogP contribution in [0.3, 0.4) is 0 Å². The molecule has 2 heterocycles. The lowest BCUT2D eigenvalue weighted by atomic mass is 10.0. The van der Waals surface area contributed by atoms with Gasteiger partial charge in [-0.15, -0.1) is 0 Å². The highest BCUT2D eigenvalue weighted by Crippen LogP contribution is 2.36. The van der Waals surface area contributed by atoms with Crippen molar-refractivity contribution >= 4 is 40.3 Å². The van der Waals surface area contributed by atoms with Crippen molar-refractivity contribution in [2.45, 2.75) is 46.0 Å². The number of para-hydroxylation sites is 1. The van der Waals surface area contributed by atoms with Crippen LogP contribution in [0.5, 0.6) is 5.75 Å². The van der Waals surface area contributed by atoms with Gasteiger partial charge in [-0.1, -0.05) is 87.4 Å². The van der Waals surface area contributed by atoms with Crippen molar-refractivity contribution in [3.05, 3.63) is 83.4 Å². The van der Waals surface area contributed by atoms with Gasteiger partial charge in [0, 0.05) is 23.9 Å². The van der Waals surface area contributed by atoms with Crippen LogP contribution < -0.4 is 4.74 Å². The van der Waals surface area contributed by atoms with E-state index >= 15 is 0 Å². The third kappa shape index (κ3) is 6.59. The van der Waals surface area contributed by atoms with Gasteiger partial charge in [0.25, 0.3) is 5.91 Å². The molecule has 1 aromatic heterocycles. The number of aromatic nitrogens is 2. The molecular formula is C30H33N3O2S2. The van der Waals surface area contributed by atoms with E-state index in [2.05, 4.69) is 19.6 Å². The zero-order chi connectivity index (χ0) is 26.2. The average Bonchev–Trinajstić information content (AvgIpc) is 3.44. The Hall–Kier alpha value is -3.16. The molecule has 1 amide bonds. The van der Waals surface area contributed by atoms with Crippen LogP contribution in [-0.2, 0) is 4.79 Å². The Morgan fingerprint density at radius 3 is 2.62 bits per heavy atom. The Bertz CT molecular complexity index is 1300. The van der Waals surface area contributed by atoms with Crippen LogP contribution in [-0.4, -0.2) is 38.1 Å². The Morgan fingerprint density at radius 1 is 1.11 bits per heavy atom. The maximum atomic E-state index is 13.3. The second kappa shape index (κ2) is 12.9. The number of aryl methyl sites for hydroxylation is 1.